The van der Waals surface area contributed by atoms with Gasteiger partial charge in [-0.3, -0.25) is 4.79 Å². The maximum absolute atomic E-state index is 12.4. The lowest BCUT2D eigenvalue weighted by molar-refractivity contribution is -0.258. The van der Waals surface area contributed by atoms with Crippen molar-refractivity contribution in [2.45, 2.75) is 144 Å². The van der Waals surface area contributed by atoms with Crippen LogP contribution in [0.1, 0.15) is 127 Å². The molecule has 0 radical (unpaired) electrons. The average Bonchev–Trinajstić information content (AvgIpc) is 3.07. The van der Waals surface area contributed by atoms with Gasteiger partial charge in [-0.05, 0) is 110 Å². The van der Waals surface area contributed by atoms with E-state index in [1.807, 2.05) is 0 Å². The molecular weight excluding hydrogens is 458 g/mol. The second-order valence-electron chi connectivity index (χ2n) is 16.7. The molecule has 6 aliphatic rings. The molecule has 4 nitrogen and oxygen atoms in total. The number of aliphatic hydroxyl groups excluding tert-OH is 1. The van der Waals surface area contributed by atoms with Crippen molar-refractivity contribution >= 4 is 6.41 Å². The van der Waals surface area contributed by atoms with Gasteiger partial charge in [0.1, 0.15) is 5.72 Å². The van der Waals surface area contributed by atoms with Crippen molar-refractivity contribution in [3.63, 3.8) is 0 Å². The van der Waals surface area contributed by atoms with Gasteiger partial charge in [0.05, 0.1) is 11.7 Å². The van der Waals surface area contributed by atoms with E-state index in [0.29, 0.717) is 17.8 Å². The Labute approximate surface area is 226 Å². The van der Waals surface area contributed by atoms with Gasteiger partial charge in [0.2, 0.25) is 6.41 Å². The Kier molecular flexibility index (Phi) is 5.30. The molecule has 6 fully saturated rings. The maximum atomic E-state index is 12.4. The number of aliphatic hydroxyl groups is 1. The molecule has 4 aliphatic carbocycles. The summed E-state index contributed by atoms with van der Waals surface area (Å²) in [5.41, 5.74) is 0.392. The number of hydrogen-bond donors (Lipinski definition) is 1. The van der Waals surface area contributed by atoms with Crippen LogP contribution in [0.2, 0.25) is 0 Å². The summed E-state index contributed by atoms with van der Waals surface area (Å²) < 4.78 is 7.43. The Morgan fingerprint density at radius 1 is 0.838 bits per heavy atom. The second-order valence-corrected chi connectivity index (χ2v) is 16.7. The number of rotatable bonds is 1. The number of ether oxygens (including phenoxy) is 1. The van der Waals surface area contributed by atoms with E-state index in [2.05, 4.69) is 67.2 Å². The van der Waals surface area contributed by atoms with Crippen molar-refractivity contribution in [1.82, 2.24) is 4.90 Å². The number of hydrogen-bond acceptors (Lipinski definition) is 3. The van der Waals surface area contributed by atoms with Crippen molar-refractivity contribution in [2.75, 3.05) is 6.54 Å². The zero-order chi connectivity index (χ0) is 27.1. The number of piperidine rings is 1. The highest BCUT2D eigenvalue weighted by molar-refractivity contribution is 5.50. The zero-order valence-electron chi connectivity index (χ0n) is 25.4. The van der Waals surface area contributed by atoms with Gasteiger partial charge in [0, 0.05) is 17.9 Å². The van der Waals surface area contributed by atoms with Gasteiger partial charge in [-0.25, -0.2) is 0 Å². The number of carbonyl (C=O) groups excluding carboxylic acids is 1. The predicted octanol–water partition coefficient (Wildman–Crippen LogP) is 7.19. The Balaban J connectivity index is 1.43. The Morgan fingerprint density at radius 3 is 2.22 bits per heavy atom. The highest BCUT2D eigenvalue weighted by Gasteiger charge is 2.84. The third kappa shape index (κ3) is 2.63. The third-order valence-corrected chi connectivity index (χ3v) is 16.2. The lowest BCUT2D eigenvalue weighted by atomic mass is 9.31. The van der Waals surface area contributed by atoms with E-state index in [0.717, 1.165) is 51.5 Å². The number of fused-ring (bicyclic) bond motifs is 7. The van der Waals surface area contributed by atoms with Crippen LogP contribution >= 0.6 is 0 Å². The van der Waals surface area contributed by atoms with Gasteiger partial charge in [0.25, 0.3) is 0 Å². The Hall–Kier alpha value is -0.610. The predicted molar refractivity (Wildman–Crippen MR) is 148 cm³/mol. The lowest BCUT2D eigenvalue weighted by Gasteiger charge is -2.73. The van der Waals surface area contributed by atoms with Crippen molar-refractivity contribution < 1.29 is 14.6 Å². The first kappa shape index (κ1) is 26.6. The quantitative estimate of drug-likeness (QED) is 0.378. The molecular formula is C33H55NO3. The summed E-state index contributed by atoms with van der Waals surface area (Å²) in [5, 5.41) is 10.7. The number of nitrogens with zero attached hydrogens (tertiary/aromatic N) is 1. The Bertz CT molecular complexity index is 1000. The molecule has 12 atom stereocenters. The van der Waals surface area contributed by atoms with Crippen LogP contribution in [0, 0.1) is 50.2 Å². The molecule has 2 aliphatic heterocycles. The molecule has 4 saturated carbocycles. The average molecular weight is 514 g/mol. The van der Waals surface area contributed by atoms with Crippen molar-refractivity contribution in [1.29, 1.82) is 0 Å². The molecule has 1 unspecified atom stereocenters. The maximum Gasteiger partial charge on any atom is 0.211 e. The van der Waals surface area contributed by atoms with Gasteiger partial charge in [-0.1, -0.05) is 55.4 Å². The molecule has 210 valence electrons. The number of amides is 1. The van der Waals surface area contributed by atoms with Gasteiger partial charge in [-0.15, -0.1) is 0 Å². The second kappa shape index (κ2) is 7.36. The van der Waals surface area contributed by atoms with E-state index < -0.39 is 5.72 Å². The summed E-state index contributed by atoms with van der Waals surface area (Å²) in [6.45, 7) is 23.6. The fourth-order valence-corrected chi connectivity index (χ4v) is 13.3. The molecule has 0 aromatic carbocycles. The molecule has 2 heterocycles. The van der Waals surface area contributed by atoms with Gasteiger partial charge in [-0.2, -0.15) is 0 Å². The summed E-state index contributed by atoms with van der Waals surface area (Å²) in [4.78, 5) is 14.5. The van der Waals surface area contributed by atoms with E-state index in [1.54, 1.807) is 0 Å². The van der Waals surface area contributed by atoms with Crippen molar-refractivity contribution in [3.8, 4) is 0 Å². The number of carbonyl (C=O) groups is 1. The molecule has 0 aromatic rings. The minimum absolute atomic E-state index is 0.00231. The Morgan fingerprint density at radius 2 is 1.54 bits per heavy atom. The molecule has 6 rings (SSSR count). The van der Waals surface area contributed by atoms with E-state index in [9.17, 15) is 9.90 Å². The zero-order valence-corrected chi connectivity index (χ0v) is 25.4. The van der Waals surface area contributed by atoms with Crippen molar-refractivity contribution in [3.05, 3.63) is 0 Å². The molecule has 2 saturated heterocycles. The van der Waals surface area contributed by atoms with E-state index in [4.69, 9.17) is 4.74 Å². The van der Waals surface area contributed by atoms with Crippen LogP contribution in [0.5, 0.6) is 0 Å². The van der Waals surface area contributed by atoms with E-state index >= 15 is 0 Å². The van der Waals surface area contributed by atoms with Crippen LogP contribution < -0.4 is 0 Å². The van der Waals surface area contributed by atoms with E-state index in [-0.39, 0.29) is 44.2 Å². The molecule has 0 bridgehead atoms. The standard InChI is InChI=1S/C33H55NO3/c1-22-10-15-33(34(19-22)21-35)23(2)32(9)30(7)17-16-27(4)25(28(30,5)20-31(32,8)37-33)12-13-26(3)18-24(36)11-14-29(26,27)6/h21-25,36H,10-20H2,1-9H3/t22-,23-,24-,25?,26-,27-,28-,29-,30-,31+,32-,33-/m0/s1. The smallest absolute Gasteiger partial charge is 0.211 e. The molecule has 0 aromatic heterocycles. The summed E-state index contributed by atoms with van der Waals surface area (Å²) in [6.07, 6.45) is 12.3. The first-order valence-corrected chi connectivity index (χ1v) is 15.6. The SMILES string of the molecule is C[C@H]1CC[C@@]2(O[C@]3(C)C[C@@]4(C)C5CC[C@@]6(C)C[C@@H](O)CC[C@]6(C)[C@@]5(C)CC[C@]4(C)[C@]3(C)[C@@H]2C)N(C=O)C1. The van der Waals surface area contributed by atoms with Crippen molar-refractivity contribution in [2.24, 2.45) is 50.2 Å². The monoisotopic (exact) mass is 513 g/mol. The minimum Gasteiger partial charge on any atom is -0.393 e. The summed E-state index contributed by atoms with van der Waals surface area (Å²) in [7, 11) is 0. The minimum atomic E-state index is -0.459. The fraction of sp³-hybridized carbons (Fsp3) is 0.970. The largest absolute Gasteiger partial charge is 0.393 e. The molecule has 37 heavy (non-hydrogen) atoms. The highest BCUT2D eigenvalue weighted by atomic mass is 16.6. The van der Waals surface area contributed by atoms with Crippen LogP contribution in [0.25, 0.3) is 0 Å². The van der Waals surface area contributed by atoms with Crippen LogP contribution in [-0.4, -0.2) is 40.4 Å². The fourth-order valence-electron chi connectivity index (χ4n) is 13.3. The van der Waals surface area contributed by atoms with Crippen LogP contribution in [0.3, 0.4) is 0 Å². The normalized spacial score (nSPS) is 63.0. The van der Waals surface area contributed by atoms with Crippen LogP contribution in [0.15, 0.2) is 0 Å². The molecule has 4 heteroatoms. The summed E-state index contributed by atoms with van der Waals surface area (Å²) >= 11 is 0. The van der Waals surface area contributed by atoms with Gasteiger partial charge in [0.15, 0.2) is 0 Å². The van der Waals surface area contributed by atoms with E-state index in [1.165, 1.54) is 25.7 Å². The summed E-state index contributed by atoms with van der Waals surface area (Å²) in [5.74, 6) is 1.50. The van der Waals surface area contributed by atoms with Gasteiger partial charge >= 0.3 is 0 Å². The highest BCUT2D eigenvalue weighted by Crippen LogP contribution is 2.85. The topological polar surface area (TPSA) is 49.8 Å². The molecule has 1 amide bonds. The lowest BCUT2D eigenvalue weighted by Crippen LogP contribution is -2.67. The summed E-state index contributed by atoms with van der Waals surface area (Å²) in [6, 6.07) is 0. The molecule has 1 spiro atoms. The van der Waals surface area contributed by atoms with Crippen LogP contribution in [0.4, 0.5) is 0 Å². The van der Waals surface area contributed by atoms with Gasteiger partial charge < -0.3 is 14.7 Å². The number of likely N-dealkylation sites (tertiary alicyclic amines) is 1. The molecule has 1 N–H and O–H groups in total. The third-order valence-electron chi connectivity index (χ3n) is 16.2. The van der Waals surface area contributed by atoms with Crippen LogP contribution in [-0.2, 0) is 9.53 Å². The first-order valence-electron chi connectivity index (χ1n) is 15.6. The first-order chi connectivity index (χ1) is 17.0.